The highest BCUT2D eigenvalue weighted by atomic mass is 19.1. The van der Waals surface area contributed by atoms with E-state index in [0.29, 0.717) is 5.56 Å². The van der Waals surface area contributed by atoms with Crippen molar-refractivity contribution in [1.29, 1.82) is 0 Å². The van der Waals surface area contributed by atoms with Gasteiger partial charge in [0.2, 0.25) is 0 Å². The number of amides is 1. The van der Waals surface area contributed by atoms with Gasteiger partial charge >= 0.3 is 12.1 Å². The Kier molecular flexibility index (Phi) is 5.95. The molecule has 0 radical (unpaired) electrons. The molecule has 0 saturated carbocycles. The lowest BCUT2D eigenvalue weighted by atomic mass is 10.1. The summed E-state index contributed by atoms with van der Waals surface area (Å²) in [6.45, 7) is 3.34. The van der Waals surface area contributed by atoms with Gasteiger partial charge in [0.25, 0.3) is 0 Å². The molecular formula is C14H18FNO5. The van der Waals surface area contributed by atoms with Crippen LogP contribution in [-0.4, -0.2) is 36.4 Å². The molecule has 0 aliphatic heterocycles. The SMILES string of the molecule is COC(=O)C(Cc1ccc(O)c(F)c1)NC(=O)OC(C)C. The monoisotopic (exact) mass is 299 g/mol. The molecule has 116 valence electrons. The number of benzene rings is 1. The lowest BCUT2D eigenvalue weighted by molar-refractivity contribution is -0.143. The summed E-state index contributed by atoms with van der Waals surface area (Å²) in [5, 5.41) is 11.5. The Balaban J connectivity index is 2.80. The molecule has 6 nitrogen and oxygen atoms in total. The molecule has 1 amide bonds. The number of alkyl carbamates (subject to hydrolysis) is 1. The fraction of sp³-hybridized carbons (Fsp3) is 0.429. The van der Waals surface area contributed by atoms with E-state index in [1.165, 1.54) is 19.2 Å². The van der Waals surface area contributed by atoms with Gasteiger partial charge in [0, 0.05) is 6.42 Å². The van der Waals surface area contributed by atoms with Crippen molar-refractivity contribution in [3.05, 3.63) is 29.6 Å². The van der Waals surface area contributed by atoms with Gasteiger partial charge in [-0.2, -0.15) is 0 Å². The van der Waals surface area contributed by atoms with Crippen molar-refractivity contribution in [3.63, 3.8) is 0 Å². The van der Waals surface area contributed by atoms with E-state index in [4.69, 9.17) is 9.84 Å². The zero-order valence-electron chi connectivity index (χ0n) is 12.1. The van der Waals surface area contributed by atoms with Crippen LogP contribution < -0.4 is 5.32 Å². The van der Waals surface area contributed by atoms with Crippen molar-refractivity contribution in [2.45, 2.75) is 32.4 Å². The molecule has 0 saturated heterocycles. The molecular weight excluding hydrogens is 281 g/mol. The number of carbonyl (C=O) groups excluding carboxylic acids is 2. The summed E-state index contributed by atoms with van der Waals surface area (Å²) in [6.07, 6.45) is -1.09. The fourth-order valence-electron chi connectivity index (χ4n) is 1.64. The van der Waals surface area contributed by atoms with Crippen molar-refractivity contribution < 1.29 is 28.6 Å². The van der Waals surface area contributed by atoms with Crippen LogP contribution in [-0.2, 0) is 20.7 Å². The number of rotatable bonds is 5. The number of phenolic OH excluding ortho intramolecular Hbond substituents is 1. The molecule has 0 heterocycles. The second-order valence-electron chi connectivity index (χ2n) is 4.66. The number of methoxy groups -OCH3 is 1. The minimum Gasteiger partial charge on any atom is -0.505 e. The standard InChI is InChI=1S/C14H18FNO5/c1-8(2)21-14(19)16-11(13(18)20-3)7-9-4-5-12(17)10(15)6-9/h4-6,8,11,17H,7H2,1-3H3,(H,16,19). The third kappa shape index (κ3) is 5.29. The van der Waals surface area contributed by atoms with Crippen LogP contribution in [0.1, 0.15) is 19.4 Å². The molecule has 0 bridgehead atoms. The van der Waals surface area contributed by atoms with Crippen LogP contribution in [0.25, 0.3) is 0 Å². The summed E-state index contributed by atoms with van der Waals surface area (Å²) in [4.78, 5) is 23.2. The summed E-state index contributed by atoms with van der Waals surface area (Å²) in [5.74, 6) is -1.97. The maximum atomic E-state index is 13.3. The van der Waals surface area contributed by atoms with Crippen LogP contribution in [0, 0.1) is 5.82 Å². The number of nitrogens with one attached hydrogen (secondary N) is 1. The molecule has 0 aliphatic carbocycles. The van der Waals surface area contributed by atoms with Crippen LogP contribution in [0.2, 0.25) is 0 Å². The van der Waals surface area contributed by atoms with Gasteiger partial charge in [-0.1, -0.05) is 6.07 Å². The molecule has 1 aromatic carbocycles. The number of carbonyl (C=O) groups is 2. The number of ether oxygens (including phenoxy) is 2. The van der Waals surface area contributed by atoms with Gasteiger partial charge < -0.3 is 19.9 Å². The van der Waals surface area contributed by atoms with E-state index >= 15 is 0 Å². The summed E-state index contributed by atoms with van der Waals surface area (Å²) in [7, 11) is 1.18. The van der Waals surface area contributed by atoms with Gasteiger partial charge in [-0.15, -0.1) is 0 Å². The van der Waals surface area contributed by atoms with E-state index in [-0.39, 0.29) is 12.5 Å². The van der Waals surface area contributed by atoms with Crippen molar-refractivity contribution in [2.24, 2.45) is 0 Å². The van der Waals surface area contributed by atoms with Gasteiger partial charge in [0.05, 0.1) is 13.2 Å². The van der Waals surface area contributed by atoms with Gasteiger partial charge in [-0.25, -0.2) is 14.0 Å². The third-order valence-corrected chi connectivity index (χ3v) is 2.57. The maximum absolute atomic E-state index is 13.3. The van der Waals surface area contributed by atoms with E-state index in [1.54, 1.807) is 13.8 Å². The number of hydrogen-bond acceptors (Lipinski definition) is 5. The average Bonchev–Trinajstić information content (AvgIpc) is 2.40. The Bertz CT molecular complexity index is 518. The Morgan fingerprint density at radius 1 is 1.38 bits per heavy atom. The quantitative estimate of drug-likeness (QED) is 0.809. The molecule has 21 heavy (non-hydrogen) atoms. The van der Waals surface area contributed by atoms with Gasteiger partial charge in [-0.05, 0) is 31.5 Å². The number of phenols is 1. The Morgan fingerprint density at radius 3 is 2.57 bits per heavy atom. The van der Waals surface area contributed by atoms with Gasteiger partial charge in [0.1, 0.15) is 6.04 Å². The lowest BCUT2D eigenvalue weighted by Gasteiger charge is -2.17. The minimum absolute atomic E-state index is 0.0110. The zero-order chi connectivity index (χ0) is 16.0. The van der Waals surface area contributed by atoms with E-state index in [1.807, 2.05) is 0 Å². The molecule has 1 unspecified atom stereocenters. The summed E-state index contributed by atoms with van der Waals surface area (Å²) in [5.41, 5.74) is 0.422. The Labute approximate surface area is 121 Å². The Hall–Kier alpha value is -2.31. The van der Waals surface area contributed by atoms with E-state index in [0.717, 1.165) is 6.07 Å². The number of esters is 1. The first-order chi connectivity index (χ1) is 9.83. The first kappa shape index (κ1) is 16.7. The van der Waals surface area contributed by atoms with Crippen molar-refractivity contribution in [2.75, 3.05) is 7.11 Å². The highest BCUT2D eigenvalue weighted by Gasteiger charge is 2.23. The highest BCUT2D eigenvalue weighted by Crippen LogP contribution is 2.17. The van der Waals surface area contributed by atoms with Crippen LogP contribution in [0.4, 0.5) is 9.18 Å². The lowest BCUT2D eigenvalue weighted by Crippen LogP contribution is -2.43. The molecule has 0 fully saturated rings. The van der Waals surface area contributed by atoms with E-state index < -0.39 is 29.7 Å². The first-order valence-corrected chi connectivity index (χ1v) is 6.35. The van der Waals surface area contributed by atoms with Crippen molar-refractivity contribution in [1.82, 2.24) is 5.32 Å². The van der Waals surface area contributed by atoms with Gasteiger partial charge in [0.15, 0.2) is 11.6 Å². The Morgan fingerprint density at radius 2 is 2.05 bits per heavy atom. The third-order valence-electron chi connectivity index (χ3n) is 2.57. The summed E-state index contributed by atoms with van der Waals surface area (Å²) in [6, 6.07) is 2.70. The van der Waals surface area contributed by atoms with E-state index in [9.17, 15) is 14.0 Å². The smallest absolute Gasteiger partial charge is 0.408 e. The predicted molar refractivity (Wildman–Crippen MR) is 72.3 cm³/mol. The average molecular weight is 299 g/mol. The van der Waals surface area contributed by atoms with E-state index in [2.05, 4.69) is 10.1 Å². The number of hydrogen-bond donors (Lipinski definition) is 2. The second kappa shape index (κ2) is 7.47. The van der Waals surface area contributed by atoms with Gasteiger partial charge in [-0.3, -0.25) is 0 Å². The molecule has 7 heteroatoms. The predicted octanol–water partition coefficient (Wildman–Crippen LogP) is 1.75. The zero-order valence-corrected chi connectivity index (χ0v) is 12.1. The largest absolute Gasteiger partial charge is 0.505 e. The molecule has 0 aromatic heterocycles. The van der Waals surface area contributed by atoms with Crippen LogP contribution in [0.5, 0.6) is 5.75 Å². The highest BCUT2D eigenvalue weighted by molar-refractivity contribution is 5.81. The fourth-order valence-corrected chi connectivity index (χ4v) is 1.64. The summed E-state index contributed by atoms with van der Waals surface area (Å²) >= 11 is 0. The number of aromatic hydroxyl groups is 1. The maximum Gasteiger partial charge on any atom is 0.408 e. The molecule has 2 N–H and O–H groups in total. The van der Waals surface area contributed by atoms with Crippen LogP contribution >= 0.6 is 0 Å². The molecule has 0 spiro atoms. The summed E-state index contributed by atoms with van der Waals surface area (Å²) < 4.78 is 22.7. The van der Waals surface area contributed by atoms with Crippen molar-refractivity contribution >= 4 is 12.1 Å². The van der Waals surface area contributed by atoms with Crippen LogP contribution in [0.15, 0.2) is 18.2 Å². The first-order valence-electron chi connectivity index (χ1n) is 6.35. The molecule has 1 atom stereocenters. The minimum atomic E-state index is -1.01. The van der Waals surface area contributed by atoms with Crippen LogP contribution in [0.3, 0.4) is 0 Å². The topological polar surface area (TPSA) is 84.9 Å². The molecule has 1 aromatic rings. The number of halogens is 1. The normalized spacial score (nSPS) is 11.9. The molecule has 1 rings (SSSR count). The molecule has 0 aliphatic rings. The second-order valence-corrected chi connectivity index (χ2v) is 4.66. The van der Waals surface area contributed by atoms with Crippen molar-refractivity contribution in [3.8, 4) is 5.75 Å².